The maximum Gasteiger partial charge on any atom is 0.317 e. The lowest BCUT2D eigenvalue weighted by Crippen LogP contribution is -2.48. The average Bonchev–Trinajstić information content (AvgIpc) is 3.02. The smallest absolute Gasteiger partial charge is 0.317 e. The van der Waals surface area contributed by atoms with Crippen molar-refractivity contribution in [1.29, 1.82) is 0 Å². The highest BCUT2D eigenvalue weighted by Crippen LogP contribution is 2.09. The van der Waals surface area contributed by atoms with E-state index in [0.29, 0.717) is 32.1 Å². The molecule has 2 heterocycles. The summed E-state index contributed by atoms with van der Waals surface area (Å²) in [6.45, 7) is 4.10. The number of morpholine rings is 1. The molecular formula is C15H19N5O2. The molecule has 116 valence electrons. The molecular weight excluding hydrogens is 282 g/mol. The van der Waals surface area contributed by atoms with Gasteiger partial charge in [-0.05, 0) is 19.1 Å². The Morgan fingerprint density at radius 3 is 3.00 bits per heavy atom. The summed E-state index contributed by atoms with van der Waals surface area (Å²) in [5.74, 6) is 0.695. The van der Waals surface area contributed by atoms with Gasteiger partial charge in [0.25, 0.3) is 0 Å². The first kappa shape index (κ1) is 14.5. The molecule has 1 atom stereocenters. The second-order valence-electron chi connectivity index (χ2n) is 5.24. The van der Waals surface area contributed by atoms with Crippen molar-refractivity contribution in [2.75, 3.05) is 19.7 Å². The number of carbonyl (C=O) groups excluding carboxylic acids is 1. The van der Waals surface area contributed by atoms with Gasteiger partial charge in [0.2, 0.25) is 0 Å². The van der Waals surface area contributed by atoms with Gasteiger partial charge in [0, 0.05) is 18.8 Å². The zero-order valence-electron chi connectivity index (χ0n) is 12.5. The van der Waals surface area contributed by atoms with Gasteiger partial charge in [-0.2, -0.15) is 0 Å². The highest BCUT2D eigenvalue weighted by molar-refractivity contribution is 5.74. The van der Waals surface area contributed by atoms with Crippen LogP contribution in [0.4, 0.5) is 4.79 Å². The van der Waals surface area contributed by atoms with Crippen LogP contribution in [0.5, 0.6) is 0 Å². The first-order chi connectivity index (χ1) is 10.7. The topological polar surface area (TPSA) is 72.3 Å². The average molecular weight is 301 g/mol. The lowest BCUT2D eigenvalue weighted by Gasteiger charge is -2.31. The maximum absolute atomic E-state index is 12.2. The van der Waals surface area contributed by atoms with Crippen LogP contribution in [-0.2, 0) is 11.3 Å². The third-order valence-electron chi connectivity index (χ3n) is 3.58. The third kappa shape index (κ3) is 3.25. The minimum atomic E-state index is -0.0993. The maximum atomic E-state index is 12.2. The van der Waals surface area contributed by atoms with Crippen LogP contribution in [0.2, 0.25) is 0 Å². The number of para-hydroxylation sites is 1. The minimum absolute atomic E-state index is 0.0764. The number of amides is 2. The lowest BCUT2D eigenvalue weighted by atomic mass is 10.3. The molecule has 2 aromatic rings. The van der Waals surface area contributed by atoms with Crippen LogP contribution in [-0.4, -0.2) is 51.5 Å². The highest BCUT2D eigenvalue weighted by atomic mass is 16.5. The van der Waals surface area contributed by atoms with Crippen molar-refractivity contribution in [3.63, 3.8) is 0 Å². The molecule has 1 aliphatic rings. The first-order valence-corrected chi connectivity index (χ1v) is 7.33. The van der Waals surface area contributed by atoms with Crippen LogP contribution in [0.15, 0.2) is 36.7 Å². The Labute approximate surface area is 128 Å². The Morgan fingerprint density at radius 1 is 1.41 bits per heavy atom. The van der Waals surface area contributed by atoms with Crippen LogP contribution < -0.4 is 5.32 Å². The minimum Gasteiger partial charge on any atom is -0.375 e. The number of carbonyl (C=O) groups is 1. The molecule has 0 aliphatic carbocycles. The van der Waals surface area contributed by atoms with Crippen molar-refractivity contribution in [3.05, 3.63) is 42.5 Å². The van der Waals surface area contributed by atoms with E-state index in [-0.39, 0.29) is 12.1 Å². The summed E-state index contributed by atoms with van der Waals surface area (Å²) in [7, 11) is 0. The third-order valence-corrected chi connectivity index (χ3v) is 3.58. The Balaban J connectivity index is 1.63. The number of benzene rings is 1. The molecule has 1 saturated heterocycles. The van der Waals surface area contributed by atoms with E-state index in [1.54, 1.807) is 11.2 Å². The van der Waals surface area contributed by atoms with Crippen LogP contribution in [0, 0.1) is 0 Å². The number of ether oxygens (including phenoxy) is 1. The van der Waals surface area contributed by atoms with Crippen LogP contribution in [0.25, 0.3) is 5.69 Å². The summed E-state index contributed by atoms with van der Waals surface area (Å²) in [5.41, 5.74) is 0.969. The zero-order chi connectivity index (χ0) is 15.4. The van der Waals surface area contributed by atoms with Crippen molar-refractivity contribution in [3.8, 4) is 5.69 Å². The fourth-order valence-corrected chi connectivity index (χ4v) is 2.45. The van der Waals surface area contributed by atoms with E-state index in [0.717, 1.165) is 5.69 Å². The summed E-state index contributed by atoms with van der Waals surface area (Å²) < 4.78 is 7.30. The van der Waals surface area contributed by atoms with E-state index >= 15 is 0 Å². The van der Waals surface area contributed by atoms with Gasteiger partial charge >= 0.3 is 6.03 Å². The number of hydrogen-bond acceptors (Lipinski definition) is 4. The fourth-order valence-electron chi connectivity index (χ4n) is 2.45. The van der Waals surface area contributed by atoms with E-state index in [2.05, 4.69) is 15.5 Å². The number of nitrogens with one attached hydrogen (secondary N) is 1. The monoisotopic (exact) mass is 301 g/mol. The molecule has 3 rings (SSSR count). The van der Waals surface area contributed by atoms with Crippen LogP contribution in [0.1, 0.15) is 12.7 Å². The first-order valence-electron chi connectivity index (χ1n) is 7.33. The van der Waals surface area contributed by atoms with Crippen molar-refractivity contribution in [1.82, 2.24) is 25.0 Å². The van der Waals surface area contributed by atoms with E-state index < -0.39 is 0 Å². The summed E-state index contributed by atoms with van der Waals surface area (Å²) >= 11 is 0. The predicted octanol–water partition coefficient (Wildman–Crippen LogP) is 1.20. The van der Waals surface area contributed by atoms with Crippen molar-refractivity contribution >= 4 is 6.03 Å². The zero-order valence-corrected chi connectivity index (χ0v) is 12.5. The van der Waals surface area contributed by atoms with Crippen molar-refractivity contribution in [2.24, 2.45) is 0 Å². The molecule has 1 aromatic carbocycles. The molecule has 1 aliphatic heterocycles. The van der Waals surface area contributed by atoms with Gasteiger partial charge in [0.1, 0.15) is 6.33 Å². The lowest BCUT2D eigenvalue weighted by molar-refractivity contribution is -0.00354. The van der Waals surface area contributed by atoms with Gasteiger partial charge in [-0.25, -0.2) is 4.79 Å². The van der Waals surface area contributed by atoms with Gasteiger partial charge < -0.3 is 15.0 Å². The van der Waals surface area contributed by atoms with E-state index in [1.165, 1.54) is 0 Å². The summed E-state index contributed by atoms with van der Waals surface area (Å²) in [4.78, 5) is 13.9. The molecule has 0 radical (unpaired) electrons. The highest BCUT2D eigenvalue weighted by Gasteiger charge is 2.21. The molecule has 0 spiro atoms. The standard InChI is InChI=1S/C15H19N5O2/c1-12-10-19(7-8-22-12)15(21)16-9-14-18-17-11-20(14)13-5-3-2-4-6-13/h2-6,11-12H,7-10H2,1H3,(H,16,21). The van der Waals surface area contributed by atoms with E-state index in [9.17, 15) is 4.79 Å². The SMILES string of the molecule is CC1CN(C(=O)NCc2nncn2-c2ccccc2)CCO1. The summed E-state index contributed by atoms with van der Waals surface area (Å²) in [5, 5.41) is 10.9. The van der Waals surface area contributed by atoms with E-state index in [1.807, 2.05) is 41.8 Å². The molecule has 0 bridgehead atoms. The van der Waals surface area contributed by atoms with E-state index in [4.69, 9.17) is 4.74 Å². The molecule has 2 amide bonds. The van der Waals surface area contributed by atoms with Crippen LogP contribution in [0.3, 0.4) is 0 Å². The van der Waals surface area contributed by atoms with Crippen LogP contribution >= 0.6 is 0 Å². The number of rotatable bonds is 3. The number of nitrogens with zero attached hydrogens (tertiary/aromatic N) is 4. The second kappa shape index (κ2) is 6.57. The van der Waals surface area contributed by atoms with Gasteiger partial charge in [0.05, 0.1) is 19.3 Å². The normalized spacial score (nSPS) is 18.2. The summed E-state index contributed by atoms with van der Waals surface area (Å²) in [6.07, 6.45) is 1.72. The molecule has 7 nitrogen and oxygen atoms in total. The molecule has 22 heavy (non-hydrogen) atoms. The fraction of sp³-hybridized carbons (Fsp3) is 0.400. The van der Waals surface area contributed by atoms with Gasteiger partial charge in [-0.15, -0.1) is 10.2 Å². The molecule has 0 saturated carbocycles. The largest absolute Gasteiger partial charge is 0.375 e. The molecule has 1 unspecified atom stereocenters. The quantitative estimate of drug-likeness (QED) is 0.924. The van der Waals surface area contributed by atoms with Gasteiger partial charge in [-0.1, -0.05) is 18.2 Å². The van der Waals surface area contributed by atoms with Crippen molar-refractivity contribution in [2.45, 2.75) is 19.6 Å². The van der Waals surface area contributed by atoms with Crippen molar-refractivity contribution < 1.29 is 9.53 Å². The molecule has 7 heteroatoms. The Morgan fingerprint density at radius 2 is 2.23 bits per heavy atom. The number of hydrogen-bond donors (Lipinski definition) is 1. The number of urea groups is 1. The second-order valence-corrected chi connectivity index (χ2v) is 5.24. The molecule has 1 N–H and O–H groups in total. The Hall–Kier alpha value is -2.41. The van der Waals surface area contributed by atoms with Gasteiger partial charge in [-0.3, -0.25) is 4.57 Å². The predicted molar refractivity (Wildman–Crippen MR) is 80.6 cm³/mol. The Kier molecular flexibility index (Phi) is 4.34. The molecule has 1 fully saturated rings. The summed E-state index contributed by atoms with van der Waals surface area (Å²) in [6, 6.07) is 9.70. The Bertz CT molecular complexity index is 628. The van der Waals surface area contributed by atoms with Gasteiger partial charge in [0.15, 0.2) is 5.82 Å². The number of aromatic nitrogens is 3. The molecule has 1 aromatic heterocycles.